The van der Waals surface area contributed by atoms with Crippen LogP contribution in [0.15, 0.2) is 72.9 Å². The molecule has 0 bridgehead atoms. The van der Waals surface area contributed by atoms with Gasteiger partial charge < -0.3 is 5.32 Å². The van der Waals surface area contributed by atoms with Gasteiger partial charge in [0.1, 0.15) is 23.0 Å². The largest absolute Gasteiger partial charge is 0.365 e. The average Bonchev–Trinajstić information content (AvgIpc) is 2.98. The highest BCUT2D eigenvalue weighted by Gasteiger charge is 2.14. The molecule has 0 unspecified atom stereocenters. The molecule has 0 aliphatic heterocycles. The Labute approximate surface area is 145 Å². The average molecular weight is 331 g/mol. The number of benzene rings is 2. The van der Waals surface area contributed by atoms with E-state index in [1.807, 2.05) is 53.9 Å². The molecule has 4 heteroatoms. The lowest BCUT2D eigenvalue weighted by Gasteiger charge is -2.09. The first-order valence-corrected chi connectivity index (χ1v) is 8.23. The van der Waals surface area contributed by atoms with Gasteiger partial charge >= 0.3 is 0 Å². The first-order chi connectivity index (χ1) is 12.2. The van der Waals surface area contributed by atoms with Crippen LogP contribution in [0.4, 0.5) is 10.2 Å². The van der Waals surface area contributed by atoms with E-state index in [2.05, 4.69) is 17.4 Å². The van der Waals surface area contributed by atoms with E-state index >= 15 is 0 Å². The molecule has 0 atom stereocenters. The summed E-state index contributed by atoms with van der Waals surface area (Å²) in [6.45, 7) is 2.71. The topological polar surface area (TPSA) is 29.3 Å². The molecule has 2 heterocycles. The lowest BCUT2D eigenvalue weighted by molar-refractivity contribution is 0.628. The summed E-state index contributed by atoms with van der Waals surface area (Å²) in [5, 5.41) is 3.47. The number of anilines is 1. The van der Waals surface area contributed by atoms with Crippen LogP contribution in [0, 0.1) is 12.7 Å². The minimum atomic E-state index is -0.264. The van der Waals surface area contributed by atoms with Crippen LogP contribution < -0.4 is 5.32 Å². The first kappa shape index (κ1) is 15.4. The summed E-state index contributed by atoms with van der Waals surface area (Å²) in [6.07, 6.45) is 1.99. The zero-order valence-electron chi connectivity index (χ0n) is 13.9. The molecule has 4 aromatic rings. The standard InChI is InChI=1S/C21H18FN3/c1-15-10-11-25-19(12-15)24-20(17-8-5-9-18(22)13-17)21(25)23-14-16-6-3-2-4-7-16/h2-13,23H,14H2,1H3. The highest BCUT2D eigenvalue weighted by atomic mass is 19.1. The van der Waals surface area contributed by atoms with Crippen molar-refractivity contribution in [3.8, 4) is 11.3 Å². The Balaban J connectivity index is 1.80. The lowest BCUT2D eigenvalue weighted by Crippen LogP contribution is -2.03. The van der Waals surface area contributed by atoms with Gasteiger partial charge in [-0.25, -0.2) is 9.37 Å². The Morgan fingerprint density at radius 1 is 1.00 bits per heavy atom. The predicted molar refractivity (Wildman–Crippen MR) is 99.1 cm³/mol. The van der Waals surface area contributed by atoms with Crippen LogP contribution in [0.5, 0.6) is 0 Å². The second kappa shape index (κ2) is 6.40. The molecule has 0 aliphatic carbocycles. The Morgan fingerprint density at radius 3 is 2.64 bits per heavy atom. The maximum absolute atomic E-state index is 13.7. The van der Waals surface area contributed by atoms with E-state index in [0.29, 0.717) is 6.54 Å². The smallest absolute Gasteiger partial charge is 0.139 e. The molecular weight excluding hydrogens is 313 g/mol. The van der Waals surface area contributed by atoms with Gasteiger partial charge in [0, 0.05) is 18.3 Å². The van der Waals surface area contributed by atoms with Gasteiger partial charge in [0.15, 0.2) is 0 Å². The molecule has 25 heavy (non-hydrogen) atoms. The molecule has 0 spiro atoms. The summed E-state index contributed by atoms with van der Waals surface area (Å²) in [7, 11) is 0. The van der Waals surface area contributed by atoms with Crippen LogP contribution in [-0.4, -0.2) is 9.38 Å². The zero-order valence-corrected chi connectivity index (χ0v) is 13.9. The summed E-state index contributed by atoms with van der Waals surface area (Å²) in [4.78, 5) is 4.73. The molecule has 0 amide bonds. The number of rotatable bonds is 4. The molecular formula is C21H18FN3. The molecule has 0 aliphatic rings. The Kier molecular flexibility index (Phi) is 3.94. The summed E-state index contributed by atoms with van der Waals surface area (Å²) >= 11 is 0. The fourth-order valence-electron chi connectivity index (χ4n) is 2.93. The van der Waals surface area contributed by atoms with Gasteiger partial charge in [0.25, 0.3) is 0 Å². The van der Waals surface area contributed by atoms with Crippen molar-refractivity contribution in [2.24, 2.45) is 0 Å². The summed E-state index contributed by atoms with van der Waals surface area (Å²) < 4.78 is 15.7. The second-order valence-corrected chi connectivity index (χ2v) is 6.09. The lowest BCUT2D eigenvalue weighted by atomic mass is 10.1. The van der Waals surface area contributed by atoms with E-state index in [-0.39, 0.29) is 5.82 Å². The molecule has 3 nitrogen and oxygen atoms in total. The molecule has 0 saturated heterocycles. The number of hydrogen-bond acceptors (Lipinski definition) is 2. The van der Waals surface area contributed by atoms with Gasteiger partial charge in [-0.15, -0.1) is 0 Å². The van der Waals surface area contributed by atoms with Gasteiger partial charge in [-0.1, -0.05) is 42.5 Å². The van der Waals surface area contributed by atoms with Crippen molar-refractivity contribution in [2.75, 3.05) is 5.32 Å². The highest BCUT2D eigenvalue weighted by molar-refractivity contribution is 5.76. The zero-order chi connectivity index (χ0) is 17.2. The number of halogens is 1. The minimum Gasteiger partial charge on any atom is -0.365 e. The number of nitrogens with one attached hydrogen (secondary N) is 1. The van der Waals surface area contributed by atoms with Crippen molar-refractivity contribution >= 4 is 11.5 Å². The van der Waals surface area contributed by atoms with E-state index < -0.39 is 0 Å². The van der Waals surface area contributed by atoms with E-state index in [0.717, 1.165) is 28.3 Å². The molecule has 2 aromatic heterocycles. The van der Waals surface area contributed by atoms with Gasteiger partial charge in [0.2, 0.25) is 0 Å². The molecule has 2 aromatic carbocycles. The van der Waals surface area contributed by atoms with Crippen LogP contribution in [-0.2, 0) is 6.54 Å². The Morgan fingerprint density at radius 2 is 1.84 bits per heavy atom. The number of aromatic nitrogens is 2. The SMILES string of the molecule is Cc1ccn2c(NCc3ccccc3)c(-c3cccc(F)c3)nc2c1. The maximum Gasteiger partial charge on any atom is 0.139 e. The van der Waals surface area contributed by atoms with Crippen molar-refractivity contribution in [2.45, 2.75) is 13.5 Å². The molecule has 0 radical (unpaired) electrons. The number of imidazole rings is 1. The van der Waals surface area contributed by atoms with Gasteiger partial charge in [0.05, 0.1) is 0 Å². The minimum absolute atomic E-state index is 0.264. The second-order valence-electron chi connectivity index (χ2n) is 6.09. The van der Waals surface area contributed by atoms with Crippen LogP contribution in [0.2, 0.25) is 0 Å². The molecule has 4 rings (SSSR count). The monoisotopic (exact) mass is 331 g/mol. The van der Waals surface area contributed by atoms with Crippen molar-refractivity contribution < 1.29 is 4.39 Å². The number of nitrogens with zero attached hydrogens (tertiary/aromatic N) is 2. The van der Waals surface area contributed by atoms with Crippen molar-refractivity contribution in [3.05, 3.63) is 89.9 Å². The third kappa shape index (κ3) is 3.11. The molecule has 0 fully saturated rings. The van der Waals surface area contributed by atoms with Crippen LogP contribution in [0.25, 0.3) is 16.9 Å². The number of hydrogen-bond donors (Lipinski definition) is 1. The Hall–Kier alpha value is -3.14. The van der Waals surface area contributed by atoms with Crippen LogP contribution in [0.3, 0.4) is 0 Å². The first-order valence-electron chi connectivity index (χ1n) is 8.23. The van der Waals surface area contributed by atoms with Gasteiger partial charge in [-0.3, -0.25) is 4.40 Å². The van der Waals surface area contributed by atoms with E-state index in [1.165, 1.54) is 17.7 Å². The third-order valence-electron chi connectivity index (χ3n) is 4.18. The van der Waals surface area contributed by atoms with Gasteiger partial charge in [-0.05, 0) is 42.3 Å². The van der Waals surface area contributed by atoms with Crippen molar-refractivity contribution in [1.82, 2.24) is 9.38 Å². The number of fused-ring (bicyclic) bond motifs is 1. The number of aryl methyl sites for hydroxylation is 1. The molecule has 1 N–H and O–H groups in total. The van der Waals surface area contributed by atoms with Crippen molar-refractivity contribution in [3.63, 3.8) is 0 Å². The predicted octanol–water partition coefficient (Wildman–Crippen LogP) is 5.06. The van der Waals surface area contributed by atoms with Crippen molar-refractivity contribution in [1.29, 1.82) is 0 Å². The van der Waals surface area contributed by atoms with E-state index in [4.69, 9.17) is 4.98 Å². The van der Waals surface area contributed by atoms with E-state index in [9.17, 15) is 4.39 Å². The van der Waals surface area contributed by atoms with E-state index in [1.54, 1.807) is 6.07 Å². The Bertz CT molecular complexity index is 1020. The van der Waals surface area contributed by atoms with Gasteiger partial charge in [-0.2, -0.15) is 0 Å². The van der Waals surface area contributed by atoms with Crippen LogP contribution in [0.1, 0.15) is 11.1 Å². The molecule has 124 valence electrons. The normalized spacial score (nSPS) is 11.0. The highest BCUT2D eigenvalue weighted by Crippen LogP contribution is 2.30. The third-order valence-corrected chi connectivity index (χ3v) is 4.18. The summed E-state index contributed by atoms with van der Waals surface area (Å²) in [5.74, 6) is 0.601. The fraction of sp³-hybridized carbons (Fsp3) is 0.0952. The summed E-state index contributed by atoms with van der Waals surface area (Å²) in [6, 6.07) is 20.8. The summed E-state index contributed by atoms with van der Waals surface area (Å²) in [5.41, 5.74) is 4.67. The maximum atomic E-state index is 13.7. The van der Waals surface area contributed by atoms with Crippen LogP contribution >= 0.6 is 0 Å². The fourth-order valence-corrected chi connectivity index (χ4v) is 2.93. The quantitative estimate of drug-likeness (QED) is 0.566. The molecule has 0 saturated carbocycles. The number of pyridine rings is 1.